The summed E-state index contributed by atoms with van der Waals surface area (Å²) in [6.45, 7) is 7.22. The molecule has 19 heavy (non-hydrogen) atoms. The summed E-state index contributed by atoms with van der Waals surface area (Å²) in [5, 5.41) is 0. The van der Waals surface area contributed by atoms with Gasteiger partial charge in [-0.25, -0.2) is 4.39 Å². The molecular weight excluding hydrogens is 239 g/mol. The molecule has 1 aromatic rings. The van der Waals surface area contributed by atoms with E-state index in [1.165, 1.54) is 18.9 Å². The second-order valence-corrected chi connectivity index (χ2v) is 6.22. The molecule has 0 saturated carbocycles. The molecule has 1 heterocycles. The number of halogens is 1. The largest absolute Gasteiger partial charge is 0.320 e. The van der Waals surface area contributed by atoms with Gasteiger partial charge in [-0.05, 0) is 44.3 Å². The van der Waals surface area contributed by atoms with E-state index >= 15 is 0 Å². The Morgan fingerprint density at radius 3 is 2.47 bits per heavy atom. The fourth-order valence-electron chi connectivity index (χ4n) is 3.19. The van der Waals surface area contributed by atoms with Crippen LogP contribution < -0.4 is 5.73 Å². The molecule has 1 aromatic carbocycles. The first-order valence-corrected chi connectivity index (χ1v) is 7.27. The second kappa shape index (κ2) is 6.02. The maximum Gasteiger partial charge on any atom is 0.128 e. The predicted molar refractivity (Wildman–Crippen MR) is 77.4 cm³/mol. The number of hydrogen-bond donors (Lipinski definition) is 1. The summed E-state index contributed by atoms with van der Waals surface area (Å²) in [7, 11) is 0. The van der Waals surface area contributed by atoms with Gasteiger partial charge in [0.2, 0.25) is 0 Å². The first-order valence-electron chi connectivity index (χ1n) is 7.27. The molecule has 0 radical (unpaired) electrons. The smallest absolute Gasteiger partial charge is 0.128 e. The van der Waals surface area contributed by atoms with Crippen molar-refractivity contribution in [2.45, 2.75) is 38.6 Å². The van der Waals surface area contributed by atoms with E-state index in [2.05, 4.69) is 18.7 Å². The van der Waals surface area contributed by atoms with Gasteiger partial charge in [0.1, 0.15) is 5.82 Å². The molecule has 3 heteroatoms. The van der Waals surface area contributed by atoms with Crippen molar-refractivity contribution in [3.63, 3.8) is 0 Å². The highest BCUT2D eigenvalue weighted by molar-refractivity contribution is 5.26. The number of benzene rings is 1. The van der Waals surface area contributed by atoms with Crippen LogP contribution >= 0.6 is 0 Å². The quantitative estimate of drug-likeness (QED) is 0.885. The Bertz CT molecular complexity index is 413. The summed E-state index contributed by atoms with van der Waals surface area (Å²) < 4.78 is 14.1. The van der Waals surface area contributed by atoms with E-state index in [4.69, 9.17) is 5.73 Å². The number of nitrogens with two attached hydrogens (primary N) is 1. The molecule has 0 amide bonds. The van der Waals surface area contributed by atoms with Gasteiger partial charge in [-0.1, -0.05) is 32.0 Å². The maximum absolute atomic E-state index is 14.1. The van der Waals surface area contributed by atoms with E-state index in [1.807, 2.05) is 12.1 Å². The van der Waals surface area contributed by atoms with E-state index < -0.39 is 5.54 Å². The monoisotopic (exact) mass is 264 g/mol. The number of hydrogen-bond acceptors (Lipinski definition) is 2. The van der Waals surface area contributed by atoms with Gasteiger partial charge in [0.15, 0.2) is 0 Å². The van der Waals surface area contributed by atoms with Gasteiger partial charge < -0.3 is 10.6 Å². The number of likely N-dealkylation sites (tertiary alicyclic amines) is 1. The minimum atomic E-state index is -0.580. The molecule has 1 fully saturated rings. The molecule has 1 atom stereocenters. The molecule has 1 saturated heterocycles. The molecule has 0 aromatic heterocycles. The summed E-state index contributed by atoms with van der Waals surface area (Å²) in [6, 6.07) is 6.96. The topological polar surface area (TPSA) is 29.3 Å². The minimum Gasteiger partial charge on any atom is -0.320 e. The molecule has 2 rings (SSSR count). The average Bonchev–Trinajstić information content (AvgIpc) is 2.80. The molecule has 106 valence electrons. The summed E-state index contributed by atoms with van der Waals surface area (Å²) in [5.41, 5.74) is 6.70. The van der Waals surface area contributed by atoms with Crippen LogP contribution in [0.5, 0.6) is 0 Å². The molecular formula is C16H25FN2. The molecule has 2 nitrogen and oxygen atoms in total. The minimum absolute atomic E-state index is 0.176. The highest BCUT2D eigenvalue weighted by Gasteiger charge is 2.33. The zero-order valence-corrected chi connectivity index (χ0v) is 12.0. The number of nitrogens with zero attached hydrogens (tertiary/aromatic N) is 1. The molecule has 1 aliphatic rings. The Morgan fingerprint density at radius 2 is 1.89 bits per heavy atom. The van der Waals surface area contributed by atoms with Crippen molar-refractivity contribution in [3.05, 3.63) is 35.6 Å². The van der Waals surface area contributed by atoms with Gasteiger partial charge in [-0.2, -0.15) is 0 Å². The van der Waals surface area contributed by atoms with Crippen molar-refractivity contribution >= 4 is 0 Å². The summed E-state index contributed by atoms with van der Waals surface area (Å²) >= 11 is 0. The first-order chi connectivity index (χ1) is 9.01. The molecule has 1 unspecified atom stereocenters. The zero-order valence-electron chi connectivity index (χ0n) is 12.0. The van der Waals surface area contributed by atoms with E-state index in [0.717, 1.165) is 26.1 Å². The van der Waals surface area contributed by atoms with Gasteiger partial charge in [0.25, 0.3) is 0 Å². The van der Waals surface area contributed by atoms with E-state index in [0.29, 0.717) is 11.5 Å². The van der Waals surface area contributed by atoms with Crippen LogP contribution in [0.3, 0.4) is 0 Å². The molecule has 0 spiro atoms. The van der Waals surface area contributed by atoms with Crippen LogP contribution in [-0.4, -0.2) is 24.5 Å². The van der Waals surface area contributed by atoms with Crippen LogP contribution in [-0.2, 0) is 5.54 Å². The molecule has 2 N–H and O–H groups in total. The summed E-state index contributed by atoms with van der Waals surface area (Å²) in [5.74, 6) is 0.275. The lowest BCUT2D eigenvalue weighted by Gasteiger charge is -2.35. The van der Waals surface area contributed by atoms with E-state index in [9.17, 15) is 4.39 Å². The third kappa shape index (κ3) is 3.54. The summed E-state index contributed by atoms with van der Waals surface area (Å²) in [6.07, 6.45) is 3.27. The van der Waals surface area contributed by atoms with Gasteiger partial charge in [0, 0.05) is 12.1 Å². The van der Waals surface area contributed by atoms with Crippen LogP contribution in [0, 0.1) is 11.7 Å². The zero-order chi connectivity index (χ0) is 13.9. The Hall–Kier alpha value is -0.930. The highest BCUT2D eigenvalue weighted by atomic mass is 19.1. The lowest BCUT2D eigenvalue weighted by atomic mass is 9.82. The van der Waals surface area contributed by atoms with Gasteiger partial charge >= 0.3 is 0 Å². The van der Waals surface area contributed by atoms with Crippen molar-refractivity contribution in [1.82, 2.24) is 4.90 Å². The van der Waals surface area contributed by atoms with Crippen LogP contribution in [0.4, 0.5) is 4.39 Å². The highest BCUT2D eigenvalue weighted by Crippen LogP contribution is 2.30. The molecule has 0 aliphatic carbocycles. The van der Waals surface area contributed by atoms with Crippen molar-refractivity contribution < 1.29 is 4.39 Å². The normalized spacial score (nSPS) is 19.8. The van der Waals surface area contributed by atoms with Crippen LogP contribution in [0.25, 0.3) is 0 Å². The van der Waals surface area contributed by atoms with Crippen molar-refractivity contribution in [2.24, 2.45) is 11.7 Å². The van der Waals surface area contributed by atoms with E-state index in [-0.39, 0.29) is 5.82 Å². The maximum atomic E-state index is 14.1. The average molecular weight is 264 g/mol. The summed E-state index contributed by atoms with van der Waals surface area (Å²) in [4.78, 5) is 2.37. The molecule has 1 aliphatic heterocycles. The molecule has 0 bridgehead atoms. The fraction of sp³-hybridized carbons (Fsp3) is 0.625. The van der Waals surface area contributed by atoms with Crippen molar-refractivity contribution in [1.29, 1.82) is 0 Å². The lowest BCUT2D eigenvalue weighted by Crippen LogP contribution is -2.48. The first kappa shape index (κ1) is 14.5. The van der Waals surface area contributed by atoms with Crippen LogP contribution in [0.15, 0.2) is 24.3 Å². The van der Waals surface area contributed by atoms with Crippen LogP contribution in [0.2, 0.25) is 0 Å². The van der Waals surface area contributed by atoms with Gasteiger partial charge in [0.05, 0.1) is 5.54 Å². The van der Waals surface area contributed by atoms with Gasteiger partial charge in [-0.3, -0.25) is 0 Å². The fourth-order valence-corrected chi connectivity index (χ4v) is 3.19. The van der Waals surface area contributed by atoms with Crippen molar-refractivity contribution in [2.75, 3.05) is 19.6 Å². The third-order valence-corrected chi connectivity index (χ3v) is 3.89. The SMILES string of the molecule is CC(C)CC(N)(CN1CCCC1)c1ccccc1F. The van der Waals surface area contributed by atoms with Crippen molar-refractivity contribution in [3.8, 4) is 0 Å². The lowest BCUT2D eigenvalue weighted by molar-refractivity contribution is 0.215. The predicted octanol–water partition coefficient (Wildman–Crippen LogP) is 3.12. The standard InChI is InChI=1S/C16H25FN2/c1-13(2)11-16(18,12-19-9-5-6-10-19)14-7-3-4-8-15(14)17/h3-4,7-8,13H,5-6,9-12,18H2,1-2H3. The Balaban J connectivity index is 2.25. The Labute approximate surface area is 115 Å². The van der Waals surface area contributed by atoms with Crippen LogP contribution in [0.1, 0.15) is 38.7 Å². The number of rotatable bonds is 5. The third-order valence-electron chi connectivity index (χ3n) is 3.89. The Kier molecular flexibility index (Phi) is 4.58. The van der Waals surface area contributed by atoms with Gasteiger partial charge in [-0.15, -0.1) is 0 Å². The second-order valence-electron chi connectivity index (χ2n) is 6.22. The van der Waals surface area contributed by atoms with E-state index in [1.54, 1.807) is 6.07 Å². The Morgan fingerprint density at radius 1 is 1.26 bits per heavy atom.